The Morgan fingerprint density at radius 1 is 1.48 bits per heavy atom. The molecule has 122 valence electrons. The number of rotatable bonds is 4. The molecule has 1 unspecified atom stereocenters. The SMILES string of the molecule is CCOC(=O)C1CSCCN1Cc1cc(=O)n2ccccc2n1. The lowest BCUT2D eigenvalue weighted by Gasteiger charge is -2.33. The van der Waals surface area contributed by atoms with E-state index in [1.807, 2.05) is 13.0 Å². The van der Waals surface area contributed by atoms with Gasteiger partial charge in [0.05, 0.1) is 12.3 Å². The number of esters is 1. The fraction of sp³-hybridized carbons (Fsp3) is 0.438. The summed E-state index contributed by atoms with van der Waals surface area (Å²) in [6.07, 6.45) is 1.70. The van der Waals surface area contributed by atoms with Crippen molar-refractivity contribution >= 4 is 23.4 Å². The number of fused-ring (bicyclic) bond motifs is 1. The van der Waals surface area contributed by atoms with Gasteiger partial charge in [-0.1, -0.05) is 6.07 Å². The van der Waals surface area contributed by atoms with Gasteiger partial charge in [0.25, 0.3) is 5.56 Å². The number of hydrogen-bond acceptors (Lipinski definition) is 6. The Morgan fingerprint density at radius 2 is 2.35 bits per heavy atom. The monoisotopic (exact) mass is 333 g/mol. The topological polar surface area (TPSA) is 63.9 Å². The summed E-state index contributed by atoms with van der Waals surface area (Å²) in [5.74, 6) is 1.48. The van der Waals surface area contributed by atoms with Crippen molar-refractivity contribution < 1.29 is 9.53 Å². The number of carbonyl (C=O) groups is 1. The smallest absolute Gasteiger partial charge is 0.324 e. The zero-order valence-electron chi connectivity index (χ0n) is 13.0. The van der Waals surface area contributed by atoms with Crippen molar-refractivity contribution in [3.63, 3.8) is 0 Å². The zero-order valence-corrected chi connectivity index (χ0v) is 13.8. The first-order chi connectivity index (χ1) is 11.2. The average molecular weight is 333 g/mol. The predicted octanol–water partition coefficient (Wildman–Crippen LogP) is 1.17. The lowest BCUT2D eigenvalue weighted by atomic mass is 10.2. The van der Waals surface area contributed by atoms with Gasteiger partial charge < -0.3 is 4.74 Å². The number of nitrogens with zero attached hydrogens (tertiary/aromatic N) is 3. The van der Waals surface area contributed by atoms with E-state index in [-0.39, 0.29) is 17.6 Å². The summed E-state index contributed by atoms with van der Waals surface area (Å²) in [6, 6.07) is 6.72. The summed E-state index contributed by atoms with van der Waals surface area (Å²) in [5, 5.41) is 0. The molecule has 0 spiro atoms. The van der Waals surface area contributed by atoms with Gasteiger partial charge in [-0.3, -0.25) is 18.9 Å². The van der Waals surface area contributed by atoms with E-state index in [2.05, 4.69) is 9.88 Å². The van der Waals surface area contributed by atoms with Gasteiger partial charge in [-0.2, -0.15) is 11.8 Å². The molecule has 0 N–H and O–H groups in total. The van der Waals surface area contributed by atoms with E-state index in [0.717, 1.165) is 12.3 Å². The molecule has 1 aliphatic heterocycles. The lowest BCUT2D eigenvalue weighted by Crippen LogP contribution is -2.47. The third kappa shape index (κ3) is 3.56. The van der Waals surface area contributed by atoms with Crippen molar-refractivity contribution in [2.24, 2.45) is 0 Å². The Hall–Kier alpha value is -1.86. The minimum atomic E-state index is -0.273. The molecule has 1 fully saturated rings. The van der Waals surface area contributed by atoms with Crippen LogP contribution in [-0.2, 0) is 16.1 Å². The second-order valence-corrected chi connectivity index (χ2v) is 6.48. The number of pyridine rings is 1. The zero-order chi connectivity index (χ0) is 16.2. The van der Waals surface area contributed by atoms with Gasteiger partial charge in [-0.05, 0) is 19.1 Å². The van der Waals surface area contributed by atoms with Crippen molar-refractivity contribution in [3.05, 3.63) is 46.5 Å². The van der Waals surface area contributed by atoms with E-state index in [4.69, 9.17) is 4.74 Å². The molecule has 1 saturated heterocycles. The van der Waals surface area contributed by atoms with Crippen molar-refractivity contribution in [3.8, 4) is 0 Å². The molecule has 0 saturated carbocycles. The standard InChI is InChI=1S/C16H19N3O3S/c1-2-22-16(21)13-11-23-8-7-18(13)10-12-9-15(20)19-6-4-3-5-14(19)17-12/h3-6,9,13H,2,7-8,10-11H2,1H3. The Kier molecular flexibility index (Phi) is 4.97. The third-order valence-corrected chi connectivity index (χ3v) is 4.81. The fourth-order valence-electron chi connectivity index (χ4n) is 2.67. The van der Waals surface area contributed by atoms with Crippen LogP contribution in [0, 0.1) is 0 Å². The highest BCUT2D eigenvalue weighted by Crippen LogP contribution is 2.19. The molecule has 0 bridgehead atoms. The molecule has 1 atom stereocenters. The minimum Gasteiger partial charge on any atom is -0.465 e. The van der Waals surface area contributed by atoms with Gasteiger partial charge in [0.15, 0.2) is 0 Å². The average Bonchev–Trinajstić information content (AvgIpc) is 2.55. The Labute approximate surface area is 138 Å². The van der Waals surface area contributed by atoms with Crippen LogP contribution in [0.5, 0.6) is 0 Å². The van der Waals surface area contributed by atoms with E-state index in [1.54, 1.807) is 30.1 Å². The van der Waals surface area contributed by atoms with Crippen LogP contribution in [0.25, 0.3) is 5.65 Å². The third-order valence-electron chi connectivity index (χ3n) is 3.79. The van der Waals surface area contributed by atoms with Gasteiger partial charge in [-0.15, -0.1) is 0 Å². The summed E-state index contributed by atoms with van der Waals surface area (Å²) in [7, 11) is 0. The normalized spacial score (nSPS) is 18.9. The first-order valence-corrected chi connectivity index (χ1v) is 8.80. The van der Waals surface area contributed by atoms with Crippen LogP contribution >= 0.6 is 11.8 Å². The summed E-state index contributed by atoms with van der Waals surface area (Å²) in [5.41, 5.74) is 1.20. The molecule has 2 aromatic heterocycles. The van der Waals surface area contributed by atoms with Crippen LogP contribution in [-0.4, -0.2) is 51.0 Å². The van der Waals surface area contributed by atoms with Crippen LogP contribution in [0.4, 0.5) is 0 Å². The van der Waals surface area contributed by atoms with Crippen molar-refractivity contribution in [1.82, 2.24) is 14.3 Å². The summed E-state index contributed by atoms with van der Waals surface area (Å²) >= 11 is 1.75. The van der Waals surface area contributed by atoms with Gasteiger partial charge in [0, 0.05) is 36.9 Å². The summed E-state index contributed by atoms with van der Waals surface area (Å²) in [6.45, 7) is 3.45. The van der Waals surface area contributed by atoms with Crippen LogP contribution in [0.3, 0.4) is 0 Å². The molecular formula is C16H19N3O3S. The molecule has 3 rings (SSSR count). The number of carbonyl (C=O) groups excluding carboxylic acids is 1. The van der Waals surface area contributed by atoms with Crippen LogP contribution in [0.15, 0.2) is 35.3 Å². The number of ether oxygens (including phenoxy) is 1. The van der Waals surface area contributed by atoms with Crippen molar-refractivity contribution in [1.29, 1.82) is 0 Å². The van der Waals surface area contributed by atoms with Crippen molar-refractivity contribution in [2.45, 2.75) is 19.5 Å². The van der Waals surface area contributed by atoms with E-state index >= 15 is 0 Å². The fourth-order valence-corrected chi connectivity index (χ4v) is 3.78. The van der Waals surface area contributed by atoms with E-state index in [0.29, 0.717) is 30.2 Å². The molecule has 7 heteroatoms. The molecule has 23 heavy (non-hydrogen) atoms. The molecular weight excluding hydrogens is 314 g/mol. The molecule has 0 amide bonds. The first kappa shape index (κ1) is 16.0. The predicted molar refractivity (Wildman–Crippen MR) is 89.6 cm³/mol. The maximum absolute atomic E-state index is 12.2. The second-order valence-electron chi connectivity index (χ2n) is 5.33. The minimum absolute atomic E-state index is 0.107. The van der Waals surface area contributed by atoms with E-state index in [1.165, 1.54) is 10.5 Å². The molecule has 0 aliphatic carbocycles. The lowest BCUT2D eigenvalue weighted by molar-refractivity contribution is -0.148. The Morgan fingerprint density at radius 3 is 3.17 bits per heavy atom. The molecule has 1 aliphatic rings. The maximum atomic E-state index is 12.2. The van der Waals surface area contributed by atoms with E-state index in [9.17, 15) is 9.59 Å². The molecule has 0 radical (unpaired) electrons. The highest BCUT2D eigenvalue weighted by molar-refractivity contribution is 7.99. The highest BCUT2D eigenvalue weighted by Gasteiger charge is 2.30. The molecule has 3 heterocycles. The van der Waals surface area contributed by atoms with Gasteiger partial charge in [-0.25, -0.2) is 4.98 Å². The summed E-state index contributed by atoms with van der Waals surface area (Å²) < 4.78 is 6.68. The molecule has 0 aromatic carbocycles. The van der Waals surface area contributed by atoms with Gasteiger partial charge in [0.2, 0.25) is 0 Å². The largest absolute Gasteiger partial charge is 0.465 e. The number of hydrogen-bond donors (Lipinski definition) is 0. The van der Waals surface area contributed by atoms with Crippen molar-refractivity contribution in [2.75, 3.05) is 24.7 Å². The Bertz CT molecular complexity index is 762. The number of aromatic nitrogens is 2. The second kappa shape index (κ2) is 7.14. The van der Waals surface area contributed by atoms with Gasteiger partial charge >= 0.3 is 5.97 Å². The Balaban J connectivity index is 1.84. The van der Waals surface area contributed by atoms with Crippen LogP contribution < -0.4 is 5.56 Å². The number of thioether (sulfide) groups is 1. The van der Waals surface area contributed by atoms with Crippen LogP contribution in [0.1, 0.15) is 12.6 Å². The van der Waals surface area contributed by atoms with E-state index < -0.39 is 0 Å². The maximum Gasteiger partial charge on any atom is 0.324 e. The molecule has 2 aromatic rings. The first-order valence-electron chi connectivity index (χ1n) is 7.65. The quantitative estimate of drug-likeness (QED) is 0.783. The van der Waals surface area contributed by atoms with Gasteiger partial charge in [0.1, 0.15) is 11.7 Å². The molecule has 6 nitrogen and oxygen atoms in total. The highest BCUT2D eigenvalue weighted by atomic mass is 32.2. The summed E-state index contributed by atoms with van der Waals surface area (Å²) in [4.78, 5) is 30.9. The van der Waals surface area contributed by atoms with Crippen LogP contribution in [0.2, 0.25) is 0 Å².